The van der Waals surface area contributed by atoms with Crippen molar-refractivity contribution >= 4 is 38.8 Å². The Morgan fingerprint density at radius 3 is 2.76 bits per heavy atom. The Labute approximate surface area is 150 Å². The summed E-state index contributed by atoms with van der Waals surface area (Å²) in [4.78, 5) is 18.5. The molecule has 2 aromatic heterocycles. The smallest absolute Gasteiger partial charge is 0.267 e. The molecule has 0 bridgehead atoms. The third-order valence-electron chi connectivity index (χ3n) is 4.06. The minimum absolute atomic E-state index is 0.213. The van der Waals surface area contributed by atoms with Crippen molar-refractivity contribution < 1.29 is 9.53 Å². The van der Waals surface area contributed by atoms with Gasteiger partial charge >= 0.3 is 0 Å². The number of ether oxygens (including phenoxy) is 1. The van der Waals surface area contributed by atoms with Crippen LogP contribution in [-0.4, -0.2) is 18.0 Å². The number of rotatable bonds is 4. The van der Waals surface area contributed by atoms with E-state index < -0.39 is 0 Å². The van der Waals surface area contributed by atoms with Gasteiger partial charge in [-0.25, -0.2) is 4.98 Å². The summed E-state index contributed by atoms with van der Waals surface area (Å²) in [5, 5.41) is 3.78. The maximum absolute atomic E-state index is 12.8. The maximum Gasteiger partial charge on any atom is 0.267 e. The van der Waals surface area contributed by atoms with Gasteiger partial charge in [-0.3, -0.25) is 4.79 Å². The van der Waals surface area contributed by atoms with Gasteiger partial charge in [-0.2, -0.15) is 0 Å². The summed E-state index contributed by atoms with van der Waals surface area (Å²) in [6.07, 6.45) is 0. The molecule has 0 atom stereocenters. The molecule has 0 saturated heterocycles. The fourth-order valence-corrected chi connectivity index (χ4v) is 3.91. The molecule has 6 heteroatoms. The molecule has 0 aliphatic rings. The topological polar surface area (TPSA) is 77.2 Å². The molecule has 1 amide bonds. The first kappa shape index (κ1) is 17.4. The second kappa shape index (κ2) is 6.82. The number of benzene rings is 1. The normalized spacial score (nSPS) is 11.0. The third kappa shape index (κ3) is 3.36. The van der Waals surface area contributed by atoms with Crippen molar-refractivity contribution in [3.63, 3.8) is 0 Å². The van der Waals surface area contributed by atoms with Crippen LogP contribution in [0.25, 0.3) is 10.2 Å². The number of hydrogen-bond acceptors (Lipinski definition) is 5. The Morgan fingerprint density at radius 1 is 1.28 bits per heavy atom. The molecule has 3 N–H and O–H groups in total. The zero-order valence-electron chi connectivity index (χ0n) is 14.8. The van der Waals surface area contributed by atoms with Crippen LogP contribution in [0.1, 0.15) is 32.1 Å². The molecule has 2 heterocycles. The van der Waals surface area contributed by atoms with Crippen LogP contribution in [0.15, 0.2) is 24.3 Å². The lowest BCUT2D eigenvalue weighted by molar-refractivity contribution is 0.103. The molecule has 0 unspecified atom stereocenters. The minimum Gasteiger partial charge on any atom is -0.397 e. The average Bonchev–Trinajstić information content (AvgIpc) is 2.88. The number of nitrogen functional groups attached to an aromatic ring is 1. The van der Waals surface area contributed by atoms with E-state index in [9.17, 15) is 4.79 Å². The number of nitrogens with zero attached hydrogens (tertiary/aromatic N) is 1. The summed E-state index contributed by atoms with van der Waals surface area (Å²) in [6.45, 7) is 6.31. The third-order valence-corrected chi connectivity index (χ3v) is 5.15. The predicted octanol–water partition coefficient (Wildman–Crippen LogP) is 4.20. The van der Waals surface area contributed by atoms with Crippen molar-refractivity contribution in [3.8, 4) is 0 Å². The van der Waals surface area contributed by atoms with Crippen molar-refractivity contribution in [3.05, 3.63) is 51.5 Å². The number of nitrogens with two attached hydrogens (primary N) is 1. The predicted molar refractivity (Wildman–Crippen MR) is 103 cm³/mol. The van der Waals surface area contributed by atoms with Gasteiger partial charge in [0.15, 0.2) is 0 Å². The number of aromatic nitrogens is 1. The second-order valence-corrected chi connectivity index (χ2v) is 7.15. The van der Waals surface area contributed by atoms with Gasteiger partial charge in [0.2, 0.25) is 0 Å². The molecule has 3 aromatic rings. The van der Waals surface area contributed by atoms with Crippen molar-refractivity contribution in [1.82, 2.24) is 4.98 Å². The van der Waals surface area contributed by atoms with E-state index >= 15 is 0 Å². The van der Waals surface area contributed by atoms with E-state index in [0.29, 0.717) is 17.2 Å². The number of anilines is 2. The molecule has 0 aliphatic carbocycles. The lowest BCUT2D eigenvalue weighted by Gasteiger charge is -2.09. The Bertz CT molecular complexity index is 963. The molecule has 0 spiro atoms. The number of thiophene rings is 1. The van der Waals surface area contributed by atoms with Crippen LogP contribution in [0.3, 0.4) is 0 Å². The summed E-state index contributed by atoms with van der Waals surface area (Å²) in [5.74, 6) is -0.213. The highest BCUT2D eigenvalue weighted by atomic mass is 32.1. The Hall–Kier alpha value is -2.44. The average molecular weight is 355 g/mol. The van der Waals surface area contributed by atoms with Crippen molar-refractivity contribution in [2.45, 2.75) is 27.4 Å². The SMILES string of the molecule is COCc1cc(C)nc2sc(C(=O)Nc3cc(C)ccc3C)c(N)c12. The molecular weight excluding hydrogens is 334 g/mol. The summed E-state index contributed by atoms with van der Waals surface area (Å²) in [5.41, 5.74) is 11.5. The van der Waals surface area contributed by atoms with E-state index in [2.05, 4.69) is 10.3 Å². The highest BCUT2D eigenvalue weighted by Gasteiger charge is 2.20. The van der Waals surface area contributed by atoms with Crippen LogP contribution in [0.5, 0.6) is 0 Å². The monoisotopic (exact) mass is 355 g/mol. The van der Waals surface area contributed by atoms with Crippen LogP contribution in [0, 0.1) is 20.8 Å². The van der Waals surface area contributed by atoms with Crippen LogP contribution in [-0.2, 0) is 11.3 Å². The number of aryl methyl sites for hydroxylation is 3. The zero-order valence-corrected chi connectivity index (χ0v) is 15.6. The number of hydrogen-bond donors (Lipinski definition) is 2. The standard InChI is InChI=1S/C19H21N3O2S/c1-10-5-6-11(2)14(7-10)22-18(23)17-16(20)15-13(9-24-4)8-12(3)21-19(15)25-17/h5-8H,9,20H2,1-4H3,(H,22,23). The molecule has 0 saturated carbocycles. The fraction of sp³-hybridized carbons (Fsp3) is 0.263. The molecule has 3 rings (SSSR count). The number of amides is 1. The van der Waals surface area contributed by atoms with Gasteiger partial charge in [0.25, 0.3) is 5.91 Å². The first-order valence-electron chi connectivity index (χ1n) is 7.96. The molecule has 130 valence electrons. The van der Waals surface area contributed by atoms with Crippen LogP contribution >= 0.6 is 11.3 Å². The molecule has 0 aliphatic heterocycles. The van der Waals surface area contributed by atoms with Crippen LogP contribution in [0.2, 0.25) is 0 Å². The highest BCUT2D eigenvalue weighted by Crippen LogP contribution is 2.36. The van der Waals surface area contributed by atoms with E-state index in [1.807, 2.05) is 45.0 Å². The number of nitrogens with one attached hydrogen (secondary N) is 1. The number of carbonyl (C=O) groups excluding carboxylic acids is 1. The van der Waals surface area contributed by atoms with Gasteiger partial charge in [0.05, 0.1) is 12.3 Å². The summed E-state index contributed by atoms with van der Waals surface area (Å²) in [6, 6.07) is 7.90. The zero-order chi connectivity index (χ0) is 18.1. The molecule has 25 heavy (non-hydrogen) atoms. The van der Waals surface area contributed by atoms with Crippen molar-refractivity contribution in [2.24, 2.45) is 0 Å². The van der Waals surface area contributed by atoms with Crippen molar-refractivity contribution in [2.75, 3.05) is 18.2 Å². The van der Waals surface area contributed by atoms with E-state index in [0.717, 1.165) is 38.3 Å². The van der Waals surface area contributed by atoms with E-state index in [4.69, 9.17) is 10.5 Å². The van der Waals surface area contributed by atoms with Gasteiger partial charge in [-0.15, -0.1) is 11.3 Å². The summed E-state index contributed by atoms with van der Waals surface area (Å²) < 4.78 is 5.26. The van der Waals surface area contributed by atoms with Gasteiger partial charge < -0.3 is 15.8 Å². The van der Waals surface area contributed by atoms with Gasteiger partial charge in [-0.1, -0.05) is 12.1 Å². The Morgan fingerprint density at radius 2 is 2.04 bits per heavy atom. The first-order valence-corrected chi connectivity index (χ1v) is 8.78. The minimum atomic E-state index is -0.213. The molecule has 0 radical (unpaired) electrons. The largest absolute Gasteiger partial charge is 0.397 e. The molecule has 0 fully saturated rings. The number of pyridine rings is 1. The highest BCUT2D eigenvalue weighted by molar-refractivity contribution is 7.21. The van der Waals surface area contributed by atoms with Crippen LogP contribution < -0.4 is 11.1 Å². The molecule has 5 nitrogen and oxygen atoms in total. The van der Waals surface area contributed by atoms with E-state index in [1.54, 1.807) is 7.11 Å². The quantitative estimate of drug-likeness (QED) is 0.735. The lowest BCUT2D eigenvalue weighted by Crippen LogP contribution is -2.13. The summed E-state index contributed by atoms with van der Waals surface area (Å²) in [7, 11) is 1.64. The van der Waals surface area contributed by atoms with Gasteiger partial charge in [-0.05, 0) is 49.6 Å². The van der Waals surface area contributed by atoms with Crippen molar-refractivity contribution in [1.29, 1.82) is 0 Å². The van der Waals surface area contributed by atoms with Crippen LogP contribution in [0.4, 0.5) is 11.4 Å². The summed E-state index contributed by atoms with van der Waals surface area (Å²) >= 11 is 1.31. The van der Waals surface area contributed by atoms with E-state index in [1.165, 1.54) is 11.3 Å². The van der Waals surface area contributed by atoms with E-state index in [-0.39, 0.29) is 5.91 Å². The van der Waals surface area contributed by atoms with Gasteiger partial charge in [0.1, 0.15) is 9.71 Å². The fourth-order valence-electron chi connectivity index (χ4n) is 2.82. The van der Waals surface area contributed by atoms with Gasteiger partial charge in [0, 0.05) is 23.9 Å². The second-order valence-electron chi connectivity index (χ2n) is 6.15. The number of carbonyl (C=O) groups is 1. The Balaban J connectivity index is 2.03. The number of methoxy groups -OCH3 is 1. The molecule has 1 aromatic carbocycles. The number of fused-ring (bicyclic) bond motifs is 1. The molecular formula is C19H21N3O2S. The lowest BCUT2D eigenvalue weighted by atomic mass is 10.1. The maximum atomic E-state index is 12.8. The first-order chi connectivity index (χ1) is 11.9. The Kier molecular flexibility index (Phi) is 4.74.